The first kappa shape index (κ1) is 11.2. The molecule has 0 fully saturated rings. The first-order valence-electron chi connectivity index (χ1n) is 5.32. The smallest absolute Gasteiger partial charge is 0.119 e. The van der Waals surface area contributed by atoms with Crippen LogP contribution in [0.3, 0.4) is 0 Å². The van der Waals surface area contributed by atoms with Crippen molar-refractivity contribution in [1.82, 2.24) is 0 Å². The lowest BCUT2D eigenvalue weighted by atomic mass is 10.2. The van der Waals surface area contributed by atoms with E-state index in [0.717, 1.165) is 17.0 Å². The van der Waals surface area contributed by atoms with Gasteiger partial charge in [-0.1, -0.05) is 18.2 Å². The Balaban J connectivity index is 2.26. The molecule has 17 heavy (non-hydrogen) atoms. The van der Waals surface area contributed by atoms with Crippen LogP contribution >= 0.6 is 0 Å². The molecular formula is C14H14N2O. The van der Waals surface area contributed by atoms with Crippen LogP contribution < -0.4 is 10.5 Å². The van der Waals surface area contributed by atoms with Gasteiger partial charge in [0, 0.05) is 17.5 Å². The van der Waals surface area contributed by atoms with Gasteiger partial charge in [-0.3, -0.25) is 4.99 Å². The molecule has 2 N–H and O–H groups in total. The molecule has 0 aromatic heterocycles. The summed E-state index contributed by atoms with van der Waals surface area (Å²) in [6.45, 7) is 0. The second-order valence-corrected chi connectivity index (χ2v) is 3.59. The molecule has 0 aliphatic rings. The Morgan fingerprint density at radius 1 is 1.12 bits per heavy atom. The number of hydrogen-bond acceptors (Lipinski definition) is 3. The Hall–Kier alpha value is -2.29. The predicted octanol–water partition coefficient (Wildman–Crippen LogP) is 3.03. The van der Waals surface area contributed by atoms with Gasteiger partial charge < -0.3 is 10.5 Å². The molecule has 0 aliphatic carbocycles. The van der Waals surface area contributed by atoms with Crippen LogP contribution in [0.1, 0.15) is 5.56 Å². The highest BCUT2D eigenvalue weighted by Crippen LogP contribution is 2.19. The fourth-order valence-corrected chi connectivity index (χ4v) is 1.45. The first-order valence-corrected chi connectivity index (χ1v) is 5.32. The zero-order valence-corrected chi connectivity index (χ0v) is 9.63. The predicted molar refractivity (Wildman–Crippen MR) is 71.1 cm³/mol. The molecule has 0 atom stereocenters. The number of ether oxygens (including phenoxy) is 1. The first-order chi connectivity index (χ1) is 8.29. The molecular weight excluding hydrogens is 212 g/mol. The van der Waals surface area contributed by atoms with Gasteiger partial charge in [0.2, 0.25) is 0 Å². The quantitative estimate of drug-likeness (QED) is 0.646. The van der Waals surface area contributed by atoms with E-state index in [9.17, 15) is 0 Å². The van der Waals surface area contributed by atoms with Gasteiger partial charge >= 0.3 is 0 Å². The van der Waals surface area contributed by atoms with E-state index in [1.54, 1.807) is 13.3 Å². The summed E-state index contributed by atoms with van der Waals surface area (Å²) in [6, 6.07) is 15.2. The van der Waals surface area contributed by atoms with Gasteiger partial charge in [0.15, 0.2) is 0 Å². The van der Waals surface area contributed by atoms with E-state index in [4.69, 9.17) is 10.5 Å². The second kappa shape index (κ2) is 5.16. The number of anilines is 1. The third kappa shape index (κ3) is 2.84. The van der Waals surface area contributed by atoms with Crippen molar-refractivity contribution in [3.05, 3.63) is 54.1 Å². The third-order valence-corrected chi connectivity index (χ3v) is 2.40. The number of aliphatic imine (C=N–C) groups is 1. The van der Waals surface area contributed by atoms with Gasteiger partial charge in [0.25, 0.3) is 0 Å². The third-order valence-electron chi connectivity index (χ3n) is 2.40. The van der Waals surface area contributed by atoms with Crippen LogP contribution in [0.5, 0.6) is 5.75 Å². The van der Waals surface area contributed by atoms with E-state index >= 15 is 0 Å². The molecule has 0 saturated carbocycles. The van der Waals surface area contributed by atoms with Crippen molar-refractivity contribution in [3.63, 3.8) is 0 Å². The van der Waals surface area contributed by atoms with Crippen molar-refractivity contribution in [2.24, 2.45) is 4.99 Å². The van der Waals surface area contributed by atoms with Crippen molar-refractivity contribution in [3.8, 4) is 5.75 Å². The standard InChI is InChI=1S/C14H14N2O/c1-17-13-7-8-14(15)11(9-13)10-16-12-5-3-2-4-6-12/h2-10H,15H2,1H3. The van der Waals surface area contributed by atoms with Crippen LogP contribution in [0, 0.1) is 0 Å². The summed E-state index contributed by atoms with van der Waals surface area (Å²) in [6.07, 6.45) is 1.74. The molecule has 0 aliphatic heterocycles. The summed E-state index contributed by atoms with van der Waals surface area (Å²) >= 11 is 0. The second-order valence-electron chi connectivity index (χ2n) is 3.59. The van der Waals surface area contributed by atoms with Gasteiger partial charge in [0.05, 0.1) is 12.8 Å². The molecule has 3 heteroatoms. The number of nitrogen functional groups attached to an aromatic ring is 1. The lowest BCUT2D eigenvalue weighted by Gasteiger charge is -2.03. The monoisotopic (exact) mass is 226 g/mol. The maximum atomic E-state index is 5.86. The van der Waals surface area contributed by atoms with Crippen LogP contribution in [-0.2, 0) is 0 Å². The van der Waals surface area contributed by atoms with E-state index in [2.05, 4.69) is 4.99 Å². The van der Waals surface area contributed by atoms with Gasteiger partial charge in [-0.05, 0) is 30.3 Å². The van der Waals surface area contributed by atoms with Crippen LogP contribution in [0.2, 0.25) is 0 Å². The van der Waals surface area contributed by atoms with Crippen LogP contribution in [0.4, 0.5) is 11.4 Å². The molecule has 0 spiro atoms. The van der Waals surface area contributed by atoms with Crippen LogP contribution in [0.15, 0.2) is 53.5 Å². The summed E-state index contributed by atoms with van der Waals surface area (Å²) in [5.74, 6) is 0.772. The summed E-state index contributed by atoms with van der Waals surface area (Å²) < 4.78 is 5.14. The summed E-state index contributed by atoms with van der Waals surface area (Å²) in [7, 11) is 1.63. The van der Waals surface area contributed by atoms with E-state index in [1.807, 2.05) is 48.5 Å². The van der Waals surface area contributed by atoms with Gasteiger partial charge in [0.1, 0.15) is 5.75 Å². The van der Waals surface area contributed by atoms with Crippen molar-refractivity contribution in [2.45, 2.75) is 0 Å². The zero-order valence-electron chi connectivity index (χ0n) is 9.63. The summed E-state index contributed by atoms with van der Waals surface area (Å²) in [5, 5.41) is 0. The number of methoxy groups -OCH3 is 1. The molecule has 0 unspecified atom stereocenters. The van der Waals surface area contributed by atoms with Gasteiger partial charge in [-0.25, -0.2) is 0 Å². The Kier molecular flexibility index (Phi) is 3.40. The molecule has 3 nitrogen and oxygen atoms in total. The largest absolute Gasteiger partial charge is 0.497 e. The Bertz CT molecular complexity index is 521. The Labute approximate surface area is 101 Å². The highest BCUT2D eigenvalue weighted by Gasteiger charge is 1.98. The maximum Gasteiger partial charge on any atom is 0.119 e. The van der Waals surface area contributed by atoms with Crippen molar-refractivity contribution >= 4 is 17.6 Å². The molecule has 0 heterocycles. The fourth-order valence-electron chi connectivity index (χ4n) is 1.45. The molecule has 86 valence electrons. The van der Waals surface area contributed by atoms with E-state index in [0.29, 0.717) is 5.69 Å². The van der Waals surface area contributed by atoms with Crippen LogP contribution in [0.25, 0.3) is 0 Å². The number of nitrogens with zero attached hydrogens (tertiary/aromatic N) is 1. The molecule has 2 aromatic carbocycles. The SMILES string of the molecule is COc1ccc(N)c(C=Nc2ccccc2)c1. The number of nitrogens with two attached hydrogens (primary N) is 1. The van der Waals surface area contributed by atoms with Crippen molar-refractivity contribution in [1.29, 1.82) is 0 Å². The topological polar surface area (TPSA) is 47.6 Å². The van der Waals surface area contributed by atoms with E-state index < -0.39 is 0 Å². The van der Waals surface area contributed by atoms with Crippen molar-refractivity contribution < 1.29 is 4.74 Å². The molecule has 0 bridgehead atoms. The normalized spacial score (nSPS) is 10.6. The number of rotatable bonds is 3. The summed E-state index contributed by atoms with van der Waals surface area (Å²) in [5.41, 5.74) is 8.30. The van der Waals surface area contributed by atoms with Gasteiger partial charge in [-0.15, -0.1) is 0 Å². The molecule has 0 amide bonds. The van der Waals surface area contributed by atoms with Gasteiger partial charge in [-0.2, -0.15) is 0 Å². The highest BCUT2D eigenvalue weighted by atomic mass is 16.5. The lowest BCUT2D eigenvalue weighted by Crippen LogP contribution is -1.94. The molecule has 0 saturated heterocycles. The Morgan fingerprint density at radius 3 is 2.59 bits per heavy atom. The number of benzene rings is 2. The minimum Gasteiger partial charge on any atom is -0.497 e. The van der Waals surface area contributed by atoms with E-state index in [1.165, 1.54) is 0 Å². The van der Waals surface area contributed by atoms with Crippen molar-refractivity contribution in [2.75, 3.05) is 12.8 Å². The number of para-hydroxylation sites is 1. The summed E-state index contributed by atoms with van der Waals surface area (Å²) in [4.78, 5) is 4.35. The average Bonchev–Trinajstić information content (AvgIpc) is 2.39. The minimum atomic E-state index is 0.686. The van der Waals surface area contributed by atoms with Crippen LogP contribution in [-0.4, -0.2) is 13.3 Å². The molecule has 2 aromatic rings. The minimum absolute atomic E-state index is 0.686. The van der Waals surface area contributed by atoms with E-state index in [-0.39, 0.29) is 0 Å². The fraction of sp³-hybridized carbons (Fsp3) is 0.0714. The highest BCUT2D eigenvalue weighted by molar-refractivity contribution is 5.89. The average molecular weight is 226 g/mol. The zero-order chi connectivity index (χ0) is 12.1. The number of hydrogen-bond donors (Lipinski definition) is 1. The molecule has 2 rings (SSSR count). The Morgan fingerprint density at radius 2 is 1.88 bits per heavy atom. The molecule has 0 radical (unpaired) electrons. The lowest BCUT2D eigenvalue weighted by molar-refractivity contribution is 0.415. The maximum absolute atomic E-state index is 5.86.